The standard InChI is InChI=1S/C14H8N2O/c17-9-2-1-8-5-12-10(11(8)6-9)3-4-14-13(12)7-15-16-14/h1-7,17H. The molecule has 0 saturated heterocycles. The molecule has 0 atom stereocenters. The Bertz CT molecular complexity index is 804. The molecule has 0 amide bonds. The maximum atomic E-state index is 9.56. The molecule has 80 valence electrons. The van der Waals surface area contributed by atoms with Crippen LogP contribution in [0.15, 0.2) is 40.6 Å². The summed E-state index contributed by atoms with van der Waals surface area (Å²) >= 11 is 0. The molecule has 1 heterocycles. The van der Waals surface area contributed by atoms with Gasteiger partial charge in [-0.2, -0.15) is 10.2 Å². The quantitative estimate of drug-likeness (QED) is 0.619. The minimum absolute atomic E-state index is 0.295. The van der Waals surface area contributed by atoms with Crippen LogP contribution in [-0.2, 0) is 0 Å². The predicted molar refractivity (Wildman–Crippen MR) is 65.3 cm³/mol. The van der Waals surface area contributed by atoms with E-state index >= 15 is 0 Å². The van der Waals surface area contributed by atoms with Gasteiger partial charge in [0, 0.05) is 5.22 Å². The molecule has 1 aliphatic carbocycles. The fraction of sp³-hybridized carbons (Fsp3) is 0. The molecule has 0 bridgehead atoms. The van der Waals surface area contributed by atoms with Gasteiger partial charge in [-0.3, -0.25) is 0 Å². The van der Waals surface area contributed by atoms with Crippen LogP contribution < -0.4 is 10.4 Å². The van der Waals surface area contributed by atoms with Gasteiger partial charge in [-0.05, 0) is 46.2 Å². The van der Waals surface area contributed by atoms with Gasteiger partial charge in [0.15, 0.2) is 0 Å². The minimum Gasteiger partial charge on any atom is -0.508 e. The molecule has 3 nitrogen and oxygen atoms in total. The van der Waals surface area contributed by atoms with Gasteiger partial charge < -0.3 is 5.11 Å². The number of hydrogen-bond donors (Lipinski definition) is 1. The molecule has 0 unspecified atom stereocenters. The van der Waals surface area contributed by atoms with Crippen LogP contribution in [0.1, 0.15) is 5.56 Å². The summed E-state index contributed by atoms with van der Waals surface area (Å²) in [6.07, 6.45) is 3.91. The van der Waals surface area contributed by atoms with E-state index in [0.29, 0.717) is 5.75 Å². The van der Waals surface area contributed by atoms with E-state index in [9.17, 15) is 5.11 Å². The van der Waals surface area contributed by atoms with Crippen molar-refractivity contribution >= 4 is 18.0 Å². The molecule has 0 aromatic heterocycles. The molecular formula is C14H8N2O. The van der Waals surface area contributed by atoms with Gasteiger partial charge in [0.05, 0.1) is 11.9 Å². The summed E-state index contributed by atoms with van der Waals surface area (Å²) in [4.78, 5) is 0. The lowest BCUT2D eigenvalue weighted by molar-refractivity contribution is 0.475. The molecule has 0 radical (unpaired) electrons. The van der Waals surface area contributed by atoms with Crippen molar-refractivity contribution in [1.29, 1.82) is 0 Å². The summed E-state index contributed by atoms with van der Waals surface area (Å²) in [6.45, 7) is 0. The zero-order valence-electron chi connectivity index (χ0n) is 8.88. The van der Waals surface area contributed by atoms with Crippen LogP contribution in [0, 0.1) is 0 Å². The van der Waals surface area contributed by atoms with E-state index in [-0.39, 0.29) is 0 Å². The highest BCUT2D eigenvalue weighted by atomic mass is 16.3. The Kier molecular flexibility index (Phi) is 1.45. The lowest BCUT2D eigenvalue weighted by atomic mass is 10.0. The molecule has 2 aromatic rings. The minimum atomic E-state index is 0.295. The second-order valence-corrected chi connectivity index (χ2v) is 4.22. The number of benzene rings is 2. The first-order valence-corrected chi connectivity index (χ1v) is 5.42. The van der Waals surface area contributed by atoms with E-state index < -0.39 is 0 Å². The Morgan fingerprint density at radius 1 is 0.941 bits per heavy atom. The van der Waals surface area contributed by atoms with E-state index in [1.165, 1.54) is 0 Å². The van der Waals surface area contributed by atoms with Crippen molar-refractivity contribution in [3.8, 4) is 16.9 Å². The van der Waals surface area contributed by atoms with Crippen LogP contribution in [0.25, 0.3) is 23.4 Å². The van der Waals surface area contributed by atoms with Crippen LogP contribution in [-0.4, -0.2) is 5.11 Å². The molecule has 0 fully saturated rings. The number of aromatic hydroxyl groups is 1. The van der Waals surface area contributed by atoms with Crippen LogP contribution in [0.4, 0.5) is 5.69 Å². The third-order valence-corrected chi connectivity index (χ3v) is 3.24. The van der Waals surface area contributed by atoms with Crippen LogP contribution in [0.3, 0.4) is 0 Å². The van der Waals surface area contributed by atoms with Crippen LogP contribution in [0.5, 0.6) is 5.75 Å². The zero-order valence-corrected chi connectivity index (χ0v) is 8.88. The van der Waals surface area contributed by atoms with Crippen LogP contribution in [0.2, 0.25) is 0 Å². The summed E-state index contributed by atoms with van der Waals surface area (Å²) in [7, 11) is 0. The van der Waals surface area contributed by atoms with Crippen molar-refractivity contribution in [2.75, 3.05) is 0 Å². The van der Waals surface area contributed by atoms with E-state index in [0.717, 1.165) is 32.8 Å². The molecule has 2 aromatic carbocycles. The zero-order chi connectivity index (χ0) is 11.4. The molecule has 2 aliphatic rings. The lowest BCUT2D eigenvalue weighted by Gasteiger charge is -2.01. The Hall–Kier alpha value is -2.42. The summed E-state index contributed by atoms with van der Waals surface area (Å²) in [5.74, 6) is 0.295. The highest BCUT2D eigenvalue weighted by molar-refractivity contribution is 5.85. The molecule has 0 spiro atoms. The second-order valence-electron chi connectivity index (χ2n) is 4.22. The van der Waals surface area contributed by atoms with E-state index in [1.54, 1.807) is 18.3 Å². The SMILES string of the molecule is Oc1ccc2c(c1)-c1ccc3c(c1=C2)=CN=N3. The van der Waals surface area contributed by atoms with Gasteiger partial charge in [-0.1, -0.05) is 12.1 Å². The Labute approximate surface area is 97.1 Å². The van der Waals surface area contributed by atoms with Gasteiger partial charge in [0.1, 0.15) is 5.75 Å². The molecule has 4 rings (SSSR count). The largest absolute Gasteiger partial charge is 0.508 e. The highest BCUT2D eigenvalue weighted by Gasteiger charge is 2.15. The van der Waals surface area contributed by atoms with Gasteiger partial charge in [-0.25, -0.2) is 0 Å². The lowest BCUT2D eigenvalue weighted by Crippen LogP contribution is -2.23. The molecule has 0 saturated carbocycles. The Morgan fingerprint density at radius 3 is 2.82 bits per heavy atom. The van der Waals surface area contributed by atoms with Crippen molar-refractivity contribution in [2.24, 2.45) is 10.2 Å². The van der Waals surface area contributed by atoms with Crippen molar-refractivity contribution in [3.05, 3.63) is 46.3 Å². The molecule has 1 aliphatic heterocycles. The van der Waals surface area contributed by atoms with Crippen molar-refractivity contribution < 1.29 is 5.11 Å². The van der Waals surface area contributed by atoms with Gasteiger partial charge in [-0.15, -0.1) is 0 Å². The van der Waals surface area contributed by atoms with Crippen molar-refractivity contribution in [2.45, 2.75) is 0 Å². The fourth-order valence-corrected chi connectivity index (χ4v) is 2.45. The maximum absolute atomic E-state index is 9.56. The van der Waals surface area contributed by atoms with Crippen LogP contribution >= 0.6 is 0 Å². The smallest absolute Gasteiger partial charge is 0.116 e. The predicted octanol–water partition coefficient (Wildman–Crippen LogP) is 2.04. The fourth-order valence-electron chi connectivity index (χ4n) is 2.45. The highest BCUT2D eigenvalue weighted by Crippen LogP contribution is 2.30. The number of hydrogen-bond acceptors (Lipinski definition) is 3. The third-order valence-electron chi connectivity index (χ3n) is 3.24. The van der Waals surface area contributed by atoms with E-state index in [4.69, 9.17) is 0 Å². The second kappa shape index (κ2) is 2.83. The molecule has 3 heteroatoms. The first-order chi connectivity index (χ1) is 8.33. The number of rotatable bonds is 0. The summed E-state index contributed by atoms with van der Waals surface area (Å²) in [5.41, 5.74) is 4.25. The molecule has 17 heavy (non-hydrogen) atoms. The number of phenolic OH excluding ortho intramolecular Hbond substituents is 1. The number of nitrogens with zero attached hydrogens (tertiary/aromatic N) is 2. The van der Waals surface area contributed by atoms with E-state index in [1.807, 2.05) is 18.2 Å². The first-order valence-electron chi connectivity index (χ1n) is 5.42. The Morgan fingerprint density at radius 2 is 1.88 bits per heavy atom. The number of azo groups is 1. The van der Waals surface area contributed by atoms with E-state index in [2.05, 4.69) is 16.3 Å². The van der Waals surface area contributed by atoms with Gasteiger partial charge in [0.2, 0.25) is 0 Å². The first kappa shape index (κ1) is 8.70. The molecular weight excluding hydrogens is 212 g/mol. The number of fused-ring (bicyclic) bond motifs is 5. The summed E-state index contributed by atoms with van der Waals surface area (Å²) < 4.78 is 0. The van der Waals surface area contributed by atoms with Crippen molar-refractivity contribution in [1.82, 2.24) is 0 Å². The normalized spacial score (nSPS) is 13.6. The monoisotopic (exact) mass is 220 g/mol. The summed E-state index contributed by atoms with van der Waals surface area (Å²) in [6, 6.07) is 9.44. The average Bonchev–Trinajstić information content (AvgIpc) is 2.91. The van der Waals surface area contributed by atoms with Crippen molar-refractivity contribution in [3.63, 3.8) is 0 Å². The van der Waals surface area contributed by atoms with Gasteiger partial charge in [0.25, 0.3) is 0 Å². The third kappa shape index (κ3) is 1.05. The summed E-state index contributed by atoms with van der Waals surface area (Å²) in [5, 5.41) is 19.8. The topological polar surface area (TPSA) is 45.0 Å². The van der Waals surface area contributed by atoms with Gasteiger partial charge >= 0.3 is 0 Å². The maximum Gasteiger partial charge on any atom is 0.116 e. The Balaban J connectivity index is 2.16. The average molecular weight is 220 g/mol. The molecule has 1 N–H and O–H groups in total. The number of phenols is 1.